The van der Waals surface area contributed by atoms with Crippen LogP contribution in [0.25, 0.3) is 6.08 Å². The third-order valence-corrected chi connectivity index (χ3v) is 10.7. The maximum absolute atomic E-state index is 13.7. The summed E-state index contributed by atoms with van der Waals surface area (Å²) in [5.41, 5.74) is 3.48. The van der Waals surface area contributed by atoms with E-state index in [-0.39, 0.29) is 17.6 Å². The molecule has 1 heterocycles. The monoisotopic (exact) mass is 679 g/mol. The first-order chi connectivity index (χ1) is 22.3. The fraction of sp³-hybridized carbons (Fsp3) is 0.351. The maximum Gasteiger partial charge on any atom is 0.335 e. The lowest BCUT2D eigenvalue weighted by Crippen LogP contribution is -2.54. The molecule has 8 rings (SSSR count). The molecule has 4 amide bonds. The summed E-state index contributed by atoms with van der Waals surface area (Å²) >= 11 is 3.54. The summed E-state index contributed by atoms with van der Waals surface area (Å²) in [6, 6.07) is 19.8. The van der Waals surface area contributed by atoms with Gasteiger partial charge in [-0.05, 0) is 116 Å². The van der Waals surface area contributed by atoms with Crippen molar-refractivity contribution in [2.75, 3.05) is 11.5 Å². The number of rotatable bonds is 8. The highest BCUT2D eigenvalue weighted by Gasteiger charge is 2.51. The van der Waals surface area contributed by atoms with Crippen molar-refractivity contribution in [1.29, 1.82) is 5.26 Å². The summed E-state index contributed by atoms with van der Waals surface area (Å²) < 4.78 is 12.4. The van der Waals surface area contributed by atoms with Gasteiger partial charge < -0.3 is 9.47 Å². The second-order valence-electron chi connectivity index (χ2n) is 13.0. The van der Waals surface area contributed by atoms with Crippen molar-refractivity contribution in [3.8, 4) is 17.6 Å². The van der Waals surface area contributed by atoms with Gasteiger partial charge >= 0.3 is 6.03 Å². The third kappa shape index (κ3) is 5.49. The van der Waals surface area contributed by atoms with Gasteiger partial charge in [-0.2, -0.15) is 5.26 Å². The molecular formula is C37H34BrN3O5. The normalized spacial score (nSPS) is 25.8. The number of hydrogen-bond acceptors (Lipinski definition) is 6. The first-order valence-electron chi connectivity index (χ1n) is 15.9. The molecule has 1 aliphatic heterocycles. The lowest BCUT2D eigenvalue weighted by atomic mass is 9.48. The van der Waals surface area contributed by atoms with E-state index in [1.54, 1.807) is 24.3 Å². The SMILES string of the molecule is CCOc1cc(/C=C2\C(=O)NC(=O)N(c3ccc(C45CC6CC(CC(C6)C4)C5)cc3)C2=O)c(Br)cc1OCc1ccccc1C#N. The van der Waals surface area contributed by atoms with Crippen LogP contribution in [0, 0.1) is 29.1 Å². The molecule has 3 aromatic rings. The largest absolute Gasteiger partial charge is 0.490 e. The van der Waals surface area contributed by atoms with E-state index in [1.807, 2.05) is 31.2 Å². The molecule has 9 heteroatoms. The highest BCUT2D eigenvalue weighted by Crippen LogP contribution is 2.60. The zero-order chi connectivity index (χ0) is 32.0. The molecule has 3 aromatic carbocycles. The van der Waals surface area contributed by atoms with Crippen LogP contribution < -0.4 is 19.7 Å². The molecular weight excluding hydrogens is 646 g/mol. The van der Waals surface area contributed by atoms with Gasteiger partial charge in [0.1, 0.15) is 12.2 Å². The van der Waals surface area contributed by atoms with E-state index in [0.717, 1.165) is 28.2 Å². The van der Waals surface area contributed by atoms with Crippen molar-refractivity contribution in [2.45, 2.75) is 57.5 Å². The zero-order valence-corrected chi connectivity index (χ0v) is 27.1. The van der Waals surface area contributed by atoms with Gasteiger partial charge in [0.2, 0.25) is 0 Å². The molecule has 234 valence electrons. The summed E-state index contributed by atoms with van der Waals surface area (Å²) in [5, 5.41) is 11.8. The number of imide groups is 2. The molecule has 1 N–H and O–H groups in total. The minimum Gasteiger partial charge on any atom is -0.490 e. The fourth-order valence-corrected chi connectivity index (χ4v) is 8.87. The molecule has 0 atom stereocenters. The Hall–Kier alpha value is -4.42. The van der Waals surface area contributed by atoms with Gasteiger partial charge in [-0.25, -0.2) is 9.69 Å². The second-order valence-corrected chi connectivity index (χ2v) is 13.9. The number of nitriles is 1. The van der Waals surface area contributed by atoms with Gasteiger partial charge in [-0.3, -0.25) is 14.9 Å². The average molecular weight is 681 g/mol. The topological polar surface area (TPSA) is 109 Å². The molecule has 5 fully saturated rings. The number of benzene rings is 3. The molecule has 0 aromatic heterocycles. The van der Waals surface area contributed by atoms with Crippen LogP contribution in [0.4, 0.5) is 10.5 Å². The number of nitrogens with zero attached hydrogens (tertiary/aromatic N) is 2. The predicted molar refractivity (Wildman–Crippen MR) is 176 cm³/mol. The molecule has 4 aliphatic carbocycles. The molecule has 46 heavy (non-hydrogen) atoms. The Balaban J connectivity index is 1.14. The predicted octanol–water partition coefficient (Wildman–Crippen LogP) is 7.43. The Labute approximate surface area is 276 Å². The number of barbiturate groups is 1. The first kappa shape index (κ1) is 30.2. The molecule has 4 bridgehead atoms. The van der Waals surface area contributed by atoms with Crippen molar-refractivity contribution in [3.63, 3.8) is 0 Å². The number of carbonyl (C=O) groups excluding carboxylic acids is 3. The minimum absolute atomic E-state index is 0.149. The van der Waals surface area contributed by atoms with E-state index < -0.39 is 17.8 Å². The lowest BCUT2D eigenvalue weighted by Gasteiger charge is -2.57. The Morgan fingerprint density at radius 3 is 2.26 bits per heavy atom. The molecule has 1 saturated heterocycles. The number of anilines is 1. The summed E-state index contributed by atoms with van der Waals surface area (Å²) in [5.74, 6) is 1.79. The first-order valence-corrected chi connectivity index (χ1v) is 16.7. The van der Waals surface area contributed by atoms with E-state index in [4.69, 9.17) is 9.47 Å². The Morgan fingerprint density at radius 1 is 0.957 bits per heavy atom. The van der Waals surface area contributed by atoms with Gasteiger partial charge in [0.05, 0.1) is 23.9 Å². The molecule has 0 unspecified atom stereocenters. The minimum atomic E-state index is -0.773. The van der Waals surface area contributed by atoms with Gasteiger partial charge in [-0.15, -0.1) is 0 Å². The van der Waals surface area contributed by atoms with E-state index in [0.29, 0.717) is 39.4 Å². The van der Waals surface area contributed by atoms with Crippen molar-refractivity contribution >= 4 is 45.5 Å². The van der Waals surface area contributed by atoms with E-state index in [9.17, 15) is 19.6 Å². The van der Waals surface area contributed by atoms with Crippen LogP contribution in [0.5, 0.6) is 11.5 Å². The lowest BCUT2D eigenvalue weighted by molar-refractivity contribution is -0.122. The smallest absolute Gasteiger partial charge is 0.335 e. The van der Waals surface area contributed by atoms with Crippen LogP contribution in [0.3, 0.4) is 0 Å². The number of halogens is 1. The molecule has 5 aliphatic rings. The quantitative estimate of drug-likeness (QED) is 0.196. The molecule has 0 spiro atoms. The summed E-state index contributed by atoms with van der Waals surface area (Å²) in [7, 11) is 0. The van der Waals surface area contributed by atoms with E-state index in [1.165, 1.54) is 50.2 Å². The second kappa shape index (κ2) is 12.1. The van der Waals surface area contributed by atoms with Crippen LogP contribution in [-0.4, -0.2) is 24.5 Å². The standard InChI is InChI=1S/C37H34BrN3O5/c1-2-45-32-15-27(31(38)16-33(32)46-21-26-6-4-3-5-25(26)20-39)14-30-34(42)40-36(44)41(35(30)43)29-9-7-28(8-10-29)37-17-22-11-23(18-37)13-24(12-22)19-37/h3-10,14-16,22-24H,2,11-13,17-19,21H2,1H3,(H,40,42,44)/b30-14+. The van der Waals surface area contributed by atoms with Crippen LogP contribution in [-0.2, 0) is 21.6 Å². The Kier molecular flexibility index (Phi) is 7.93. The van der Waals surface area contributed by atoms with Gasteiger partial charge in [0.15, 0.2) is 11.5 Å². The molecule has 8 nitrogen and oxygen atoms in total. The number of hydrogen-bond donors (Lipinski definition) is 1. The van der Waals surface area contributed by atoms with Crippen LogP contribution in [0.15, 0.2) is 70.7 Å². The third-order valence-electron chi connectivity index (χ3n) is 10.1. The van der Waals surface area contributed by atoms with Gasteiger partial charge in [0.25, 0.3) is 11.8 Å². The number of urea groups is 1. The number of ether oxygens (including phenoxy) is 2. The highest BCUT2D eigenvalue weighted by atomic mass is 79.9. The summed E-state index contributed by atoms with van der Waals surface area (Å²) in [6.07, 6.45) is 9.19. The van der Waals surface area contributed by atoms with Crippen molar-refractivity contribution in [3.05, 3.63) is 93.0 Å². The average Bonchev–Trinajstić information content (AvgIpc) is 3.03. The van der Waals surface area contributed by atoms with Gasteiger partial charge in [0, 0.05) is 10.0 Å². The molecule has 4 saturated carbocycles. The van der Waals surface area contributed by atoms with Gasteiger partial charge in [-0.1, -0.05) is 46.3 Å². The fourth-order valence-electron chi connectivity index (χ4n) is 8.43. The van der Waals surface area contributed by atoms with Crippen LogP contribution in [0.2, 0.25) is 0 Å². The van der Waals surface area contributed by atoms with Crippen LogP contribution >= 0.6 is 15.9 Å². The van der Waals surface area contributed by atoms with Crippen molar-refractivity contribution in [2.24, 2.45) is 17.8 Å². The summed E-state index contributed by atoms with van der Waals surface area (Å²) in [6.45, 7) is 2.34. The number of carbonyl (C=O) groups is 3. The maximum atomic E-state index is 13.7. The number of nitrogens with one attached hydrogen (secondary N) is 1. The van der Waals surface area contributed by atoms with Crippen molar-refractivity contribution in [1.82, 2.24) is 5.32 Å². The molecule has 0 radical (unpaired) electrons. The van der Waals surface area contributed by atoms with Crippen molar-refractivity contribution < 1.29 is 23.9 Å². The Bertz CT molecular complexity index is 1770. The van der Waals surface area contributed by atoms with Crippen LogP contribution in [0.1, 0.15) is 67.7 Å². The Morgan fingerprint density at radius 2 is 1.61 bits per heavy atom. The number of amides is 4. The zero-order valence-electron chi connectivity index (χ0n) is 25.6. The van der Waals surface area contributed by atoms with E-state index >= 15 is 0 Å². The van der Waals surface area contributed by atoms with E-state index in [2.05, 4.69) is 39.4 Å². The highest BCUT2D eigenvalue weighted by molar-refractivity contribution is 9.10. The summed E-state index contributed by atoms with van der Waals surface area (Å²) in [4.78, 5) is 40.7.